The van der Waals surface area contributed by atoms with Crippen LogP contribution in [0.25, 0.3) is 0 Å². The lowest BCUT2D eigenvalue weighted by Gasteiger charge is -1.82. The predicted octanol–water partition coefficient (Wildman–Crippen LogP) is -0.610. The van der Waals surface area contributed by atoms with Crippen LogP contribution in [0, 0.1) is 0 Å². The maximum absolute atomic E-state index is 9.16. The molecule has 0 rings (SSSR count). The first-order valence-electron chi connectivity index (χ1n) is 1.15. The summed E-state index contributed by atoms with van der Waals surface area (Å²) in [6.07, 6.45) is 0. The van der Waals surface area contributed by atoms with Gasteiger partial charge in [0.15, 0.2) is 0 Å². The van der Waals surface area contributed by atoms with Crippen LogP contribution >= 0.6 is 0 Å². The van der Waals surface area contributed by atoms with Gasteiger partial charge in [-0.25, -0.2) is 9.90 Å². The van der Waals surface area contributed by atoms with Crippen molar-refractivity contribution in [3.63, 3.8) is 0 Å². The predicted molar refractivity (Wildman–Crippen MR) is 13.4 cm³/mol. The molecule has 0 aliphatic heterocycles. The molecule has 0 aromatic rings. The number of rotatable bonds is 3. The maximum Gasteiger partial charge on any atom is 0.453 e. The molecule has 6 heavy (non-hydrogen) atoms. The van der Waals surface area contributed by atoms with Gasteiger partial charge in [0, 0.05) is 0 Å². The van der Waals surface area contributed by atoms with Crippen LogP contribution in [0.15, 0.2) is 0 Å². The van der Waals surface area contributed by atoms with Crippen molar-refractivity contribution in [1.29, 1.82) is 0 Å². The topological polar surface area (TPSA) is 55.4 Å². The maximum atomic E-state index is 9.16. The summed E-state index contributed by atoms with van der Waals surface area (Å²) in [6.45, 7) is 0.0167. The molecule has 0 aliphatic carbocycles. The Hall–Kier alpha value is -0.610. The van der Waals surface area contributed by atoms with Crippen molar-refractivity contribution < 1.29 is 19.7 Å². The second-order valence-corrected chi connectivity index (χ2v) is 0.402. The van der Waals surface area contributed by atoms with Crippen LogP contribution in [0.1, 0.15) is 0 Å². The largest absolute Gasteiger partial charge is 0.453 e. The molecule has 0 saturated heterocycles. The van der Waals surface area contributed by atoms with Crippen molar-refractivity contribution in [2.45, 2.75) is 0 Å². The highest BCUT2D eigenvalue weighted by Crippen LogP contribution is 1.64. The van der Waals surface area contributed by atoms with Crippen molar-refractivity contribution in [1.82, 2.24) is 0 Å². The molecule has 0 bridgehead atoms. The van der Waals surface area contributed by atoms with E-state index in [4.69, 9.17) is 9.90 Å². The Morgan fingerprint density at radius 3 is 2.50 bits per heavy atom. The fourth-order valence-electron chi connectivity index (χ4n) is 0.0481. The normalized spacial score (nSPS) is 7.50. The molecule has 0 aromatic heterocycles. The van der Waals surface area contributed by atoms with E-state index in [9.17, 15) is 0 Å². The SMILES string of the molecule is [O]COO[C]=O. The first-order valence-corrected chi connectivity index (χ1v) is 1.15. The Balaban J connectivity index is 2.49. The lowest BCUT2D eigenvalue weighted by Crippen LogP contribution is -1.89. The third kappa shape index (κ3) is 3.39. The minimum atomic E-state index is -0.880. The number of hydrogen-bond acceptors (Lipinski definition) is 3. The Morgan fingerprint density at radius 1 is 1.67 bits per heavy atom. The van der Waals surface area contributed by atoms with Crippen LogP contribution in [0.5, 0.6) is 0 Å². The molecule has 0 atom stereocenters. The molecule has 0 aliphatic rings. The summed E-state index contributed by atoms with van der Waals surface area (Å²) in [6, 6.07) is 0. The zero-order valence-electron chi connectivity index (χ0n) is 2.84. The molecular formula is C2H2O4. The lowest BCUT2D eigenvalue weighted by molar-refractivity contribution is -0.280. The first kappa shape index (κ1) is 5.39. The van der Waals surface area contributed by atoms with E-state index >= 15 is 0 Å². The van der Waals surface area contributed by atoms with Gasteiger partial charge in [0.25, 0.3) is 0 Å². The quantitative estimate of drug-likeness (QED) is 0.201. The van der Waals surface area contributed by atoms with E-state index in [-0.39, 0.29) is 0 Å². The van der Waals surface area contributed by atoms with Crippen LogP contribution in [-0.2, 0) is 19.7 Å². The van der Waals surface area contributed by atoms with Crippen LogP contribution in [0.2, 0.25) is 0 Å². The minimum Gasteiger partial charge on any atom is -0.283 e. The van der Waals surface area contributed by atoms with E-state index in [1.807, 2.05) is 0 Å². The highest BCUT2D eigenvalue weighted by Gasteiger charge is 1.76. The zero-order chi connectivity index (χ0) is 4.83. The third-order valence-electron chi connectivity index (χ3n) is 0.141. The van der Waals surface area contributed by atoms with Gasteiger partial charge in [-0.05, 0) is 0 Å². The van der Waals surface area contributed by atoms with E-state index in [0.717, 1.165) is 6.47 Å². The standard InChI is InChI=1S/C2H2O4/c3-1-5-6-2-4/h1H2. The van der Waals surface area contributed by atoms with Crippen LogP contribution in [0.4, 0.5) is 0 Å². The van der Waals surface area contributed by atoms with E-state index < -0.39 is 6.79 Å². The summed E-state index contributed by atoms with van der Waals surface area (Å²) in [7, 11) is 0. The van der Waals surface area contributed by atoms with Gasteiger partial charge in [0.05, 0.1) is 0 Å². The van der Waals surface area contributed by atoms with Gasteiger partial charge in [0.1, 0.15) is 0 Å². The molecule has 0 unspecified atom stereocenters. The molecule has 4 nitrogen and oxygen atoms in total. The van der Waals surface area contributed by atoms with Crippen molar-refractivity contribution in [2.24, 2.45) is 0 Å². The first-order chi connectivity index (χ1) is 2.91. The van der Waals surface area contributed by atoms with Crippen LogP contribution < -0.4 is 0 Å². The summed E-state index contributed by atoms with van der Waals surface area (Å²) in [5.41, 5.74) is 0. The van der Waals surface area contributed by atoms with Crippen molar-refractivity contribution in [3.05, 3.63) is 0 Å². The molecule has 0 amide bonds. The second kappa shape index (κ2) is 4.39. The molecule has 0 aromatic carbocycles. The Bertz CT molecular complexity index is 34.5. The molecule has 4 heteroatoms. The average molecular weight is 90.0 g/mol. The fourth-order valence-corrected chi connectivity index (χ4v) is 0.0481. The van der Waals surface area contributed by atoms with Gasteiger partial charge in [0.2, 0.25) is 6.79 Å². The zero-order valence-corrected chi connectivity index (χ0v) is 2.84. The summed E-state index contributed by atoms with van der Waals surface area (Å²) in [5, 5.41) is 9.16. The van der Waals surface area contributed by atoms with Gasteiger partial charge in [-0.1, -0.05) is 0 Å². The highest BCUT2D eigenvalue weighted by atomic mass is 17.2. The summed E-state index contributed by atoms with van der Waals surface area (Å²) < 4.78 is 0. The van der Waals surface area contributed by atoms with Crippen molar-refractivity contribution in [2.75, 3.05) is 6.79 Å². The van der Waals surface area contributed by atoms with Gasteiger partial charge in [-0.3, -0.25) is 4.89 Å². The summed E-state index contributed by atoms with van der Waals surface area (Å²) in [5.74, 6) is 0. The van der Waals surface area contributed by atoms with Crippen LogP contribution in [-0.4, -0.2) is 13.3 Å². The van der Waals surface area contributed by atoms with Gasteiger partial charge in [-0.2, -0.15) is 4.89 Å². The number of carbonyl (C=O) groups excluding carboxylic acids is 1. The molecular weight excluding hydrogens is 88.0 g/mol. The van der Waals surface area contributed by atoms with E-state index in [1.54, 1.807) is 0 Å². The van der Waals surface area contributed by atoms with Gasteiger partial charge >= 0.3 is 6.47 Å². The summed E-state index contributed by atoms with van der Waals surface area (Å²) >= 11 is 0. The molecule has 0 N–H and O–H groups in total. The van der Waals surface area contributed by atoms with Crippen LogP contribution in [0.3, 0.4) is 0 Å². The summed E-state index contributed by atoms with van der Waals surface area (Å²) in [4.78, 5) is 15.8. The molecule has 0 fully saturated rings. The van der Waals surface area contributed by atoms with E-state index in [1.165, 1.54) is 0 Å². The smallest absolute Gasteiger partial charge is 0.283 e. The van der Waals surface area contributed by atoms with Gasteiger partial charge in [-0.15, -0.1) is 0 Å². The fraction of sp³-hybridized carbons (Fsp3) is 0.500. The van der Waals surface area contributed by atoms with Gasteiger partial charge < -0.3 is 0 Å². The average Bonchev–Trinajstić information content (AvgIpc) is 1.61. The second-order valence-electron chi connectivity index (χ2n) is 0.402. The van der Waals surface area contributed by atoms with Crippen molar-refractivity contribution >= 4 is 6.47 Å². The molecule has 0 saturated carbocycles. The minimum absolute atomic E-state index is 0.880. The lowest BCUT2D eigenvalue weighted by atomic mass is 11.5. The number of hydrogen-bond donors (Lipinski definition) is 0. The Kier molecular flexibility index (Phi) is 3.94. The van der Waals surface area contributed by atoms with E-state index in [2.05, 4.69) is 9.78 Å². The highest BCUT2D eigenvalue weighted by molar-refractivity contribution is 5.36. The Morgan fingerprint density at radius 2 is 2.33 bits per heavy atom. The third-order valence-corrected chi connectivity index (χ3v) is 0.141. The molecule has 2 radical (unpaired) electrons. The molecule has 34 valence electrons. The monoisotopic (exact) mass is 90.0 g/mol. The van der Waals surface area contributed by atoms with E-state index in [0.29, 0.717) is 0 Å². The van der Waals surface area contributed by atoms with Crippen molar-refractivity contribution in [3.8, 4) is 0 Å². The Labute approximate surface area is 34.2 Å². The molecule has 0 spiro atoms. The molecule has 0 heterocycles.